The van der Waals surface area contributed by atoms with Crippen LogP contribution in [0.4, 0.5) is 0 Å². The molecular formula is C22H29ClN4O3. The van der Waals surface area contributed by atoms with Gasteiger partial charge in [-0.15, -0.1) is 0 Å². The molecule has 0 saturated heterocycles. The Morgan fingerprint density at radius 2 is 2.10 bits per heavy atom. The van der Waals surface area contributed by atoms with Gasteiger partial charge in [-0.1, -0.05) is 17.7 Å². The van der Waals surface area contributed by atoms with Crippen LogP contribution in [-0.4, -0.2) is 40.4 Å². The molecule has 1 aromatic carbocycles. The normalized spacial score (nSPS) is 28.8. The van der Waals surface area contributed by atoms with Crippen molar-refractivity contribution in [1.29, 1.82) is 0 Å². The second-order valence-electron chi connectivity index (χ2n) is 9.88. The molecule has 2 aliphatic heterocycles. The summed E-state index contributed by atoms with van der Waals surface area (Å²) in [5.74, 6) is 0.907. The van der Waals surface area contributed by atoms with Crippen molar-refractivity contribution in [2.45, 2.75) is 64.1 Å². The molecule has 1 fully saturated rings. The van der Waals surface area contributed by atoms with E-state index in [4.69, 9.17) is 22.1 Å². The number of hydrogen-bond donors (Lipinski definition) is 2. The zero-order chi connectivity index (χ0) is 21.8. The van der Waals surface area contributed by atoms with Gasteiger partial charge < -0.3 is 15.8 Å². The zero-order valence-corrected chi connectivity index (χ0v) is 18.6. The fraction of sp³-hybridized carbons (Fsp3) is 0.591. The van der Waals surface area contributed by atoms with E-state index >= 15 is 0 Å². The highest BCUT2D eigenvalue weighted by Crippen LogP contribution is 2.43. The van der Waals surface area contributed by atoms with Gasteiger partial charge in [-0.05, 0) is 52.2 Å². The first-order valence-electron chi connectivity index (χ1n) is 10.4. The molecule has 0 radical (unpaired) electrons. The van der Waals surface area contributed by atoms with Gasteiger partial charge in [0.1, 0.15) is 11.4 Å². The molecule has 0 spiro atoms. The van der Waals surface area contributed by atoms with Gasteiger partial charge in [-0.3, -0.25) is 14.5 Å². The molecule has 7 nitrogen and oxygen atoms in total. The van der Waals surface area contributed by atoms with E-state index in [0.717, 1.165) is 12.0 Å². The number of aliphatic imine (C=N–C) groups is 1. The third-order valence-corrected chi connectivity index (χ3v) is 6.24. The molecule has 1 aliphatic carbocycles. The van der Waals surface area contributed by atoms with Gasteiger partial charge in [0.15, 0.2) is 5.96 Å². The molecule has 0 aromatic heterocycles. The summed E-state index contributed by atoms with van der Waals surface area (Å²) < 4.78 is 6.04. The summed E-state index contributed by atoms with van der Waals surface area (Å²) >= 11 is 6.12. The summed E-state index contributed by atoms with van der Waals surface area (Å²) in [6.45, 7) is 8.22. The molecule has 162 valence electrons. The molecule has 30 heavy (non-hydrogen) atoms. The van der Waals surface area contributed by atoms with Gasteiger partial charge in [0.05, 0.1) is 18.0 Å². The van der Waals surface area contributed by atoms with E-state index in [1.165, 1.54) is 4.90 Å². The molecule has 0 bridgehead atoms. The van der Waals surface area contributed by atoms with Crippen LogP contribution in [0.15, 0.2) is 23.2 Å². The summed E-state index contributed by atoms with van der Waals surface area (Å²) in [6, 6.07) is 5.38. The zero-order valence-electron chi connectivity index (χ0n) is 17.9. The number of amides is 2. The van der Waals surface area contributed by atoms with Crippen LogP contribution in [0.25, 0.3) is 0 Å². The van der Waals surface area contributed by atoms with Crippen molar-refractivity contribution in [2.24, 2.45) is 22.6 Å². The van der Waals surface area contributed by atoms with Gasteiger partial charge in [0, 0.05) is 29.5 Å². The van der Waals surface area contributed by atoms with Gasteiger partial charge in [-0.25, -0.2) is 4.99 Å². The van der Waals surface area contributed by atoms with Crippen molar-refractivity contribution in [3.05, 3.63) is 28.8 Å². The van der Waals surface area contributed by atoms with Crippen molar-refractivity contribution in [2.75, 3.05) is 6.54 Å². The second-order valence-corrected chi connectivity index (χ2v) is 10.3. The van der Waals surface area contributed by atoms with Gasteiger partial charge in [0.2, 0.25) is 11.8 Å². The lowest BCUT2D eigenvalue weighted by molar-refractivity contribution is -0.130. The van der Waals surface area contributed by atoms with Crippen molar-refractivity contribution >= 4 is 29.4 Å². The van der Waals surface area contributed by atoms with Crippen LogP contribution in [0.3, 0.4) is 0 Å². The minimum atomic E-state index is -0.468. The van der Waals surface area contributed by atoms with E-state index in [0.29, 0.717) is 30.2 Å². The molecule has 8 heteroatoms. The van der Waals surface area contributed by atoms with Crippen molar-refractivity contribution in [3.8, 4) is 5.75 Å². The summed E-state index contributed by atoms with van der Waals surface area (Å²) in [4.78, 5) is 31.3. The van der Waals surface area contributed by atoms with Crippen LogP contribution in [0, 0.1) is 11.8 Å². The van der Waals surface area contributed by atoms with Crippen LogP contribution in [0.5, 0.6) is 5.75 Å². The number of nitrogens with zero attached hydrogens (tertiary/aromatic N) is 2. The number of benzene rings is 1. The van der Waals surface area contributed by atoms with E-state index in [9.17, 15) is 9.59 Å². The minimum absolute atomic E-state index is 0.00361. The maximum atomic E-state index is 12.9. The van der Waals surface area contributed by atoms with E-state index in [-0.39, 0.29) is 35.7 Å². The number of fused-ring (bicyclic) bond motifs is 1. The van der Waals surface area contributed by atoms with E-state index < -0.39 is 11.1 Å². The highest BCUT2D eigenvalue weighted by molar-refractivity contribution is 6.30. The first-order valence-corrected chi connectivity index (χ1v) is 10.8. The Balaban J connectivity index is 1.41. The summed E-state index contributed by atoms with van der Waals surface area (Å²) in [6.07, 6.45) is 1.74. The fourth-order valence-electron chi connectivity index (χ4n) is 4.44. The Morgan fingerprint density at radius 3 is 2.80 bits per heavy atom. The van der Waals surface area contributed by atoms with Crippen LogP contribution >= 0.6 is 11.6 Å². The molecule has 2 heterocycles. The molecule has 1 aromatic rings. The van der Waals surface area contributed by atoms with Crippen LogP contribution in [0.1, 0.15) is 58.6 Å². The molecule has 3 atom stereocenters. The topological polar surface area (TPSA) is 97.0 Å². The first-order chi connectivity index (χ1) is 13.9. The van der Waals surface area contributed by atoms with Crippen LogP contribution in [-0.2, 0) is 9.59 Å². The molecule has 1 saturated carbocycles. The molecule has 4 rings (SSSR count). The van der Waals surface area contributed by atoms with Crippen molar-refractivity contribution in [3.63, 3.8) is 0 Å². The van der Waals surface area contributed by atoms with Crippen molar-refractivity contribution < 1.29 is 14.3 Å². The molecular weight excluding hydrogens is 404 g/mol. The largest absolute Gasteiger partial charge is 0.487 e. The summed E-state index contributed by atoms with van der Waals surface area (Å²) in [7, 11) is 0. The Hall–Kier alpha value is -2.28. The van der Waals surface area contributed by atoms with Crippen molar-refractivity contribution in [1.82, 2.24) is 10.2 Å². The predicted molar refractivity (Wildman–Crippen MR) is 115 cm³/mol. The highest BCUT2D eigenvalue weighted by atomic mass is 35.5. The monoisotopic (exact) mass is 432 g/mol. The van der Waals surface area contributed by atoms with E-state index in [1.807, 2.05) is 39.8 Å². The number of hydrogen-bond acceptors (Lipinski definition) is 5. The van der Waals surface area contributed by atoms with Gasteiger partial charge in [-0.2, -0.15) is 0 Å². The number of halogens is 1. The Morgan fingerprint density at radius 1 is 1.37 bits per heavy atom. The number of rotatable bonds is 4. The SMILES string of the molecule is CC1(C)CC(=O)N(C[C@H]2C[C@@H]2C(=O)N[C@H]2CC(C)(C)Oc3cc(Cl)ccc32)C(N)=N1. The number of nitrogens with two attached hydrogens (primary N) is 1. The average molecular weight is 433 g/mol. The summed E-state index contributed by atoms with van der Waals surface area (Å²) in [5, 5.41) is 3.79. The summed E-state index contributed by atoms with van der Waals surface area (Å²) in [5.41, 5.74) is 6.08. The second kappa shape index (κ2) is 7.15. The number of nitrogens with one attached hydrogen (secondary N) is 1. The Labute approximate surface area is 182 Å². The Bertz CT molecular complexity index is 927. The molecule has 0 unspecified atom stereocenters. The van der Waals surface area contributed by atoms with Gasteiger partial charge in [0.25, 0.3) is 0 Å². The third-order valence-electron chi connectivity index (χ3n) is 6.00. The minimum Gasteiger partial charge on any atom is -0.487 e. The predicted octanol–water partition coefficient (Wildman–Crippen LogP) is 3.02. The fourth-order valence-corrected chi connectivity index (χ4v) is 4.60. The number of guanidine groups is 1. The Kier molecular flexibility index (Phi) is 5.00. The highest BCUT2D eigenvalue weighted by Gasteiger charge is 2.47. The van der Waals surface area contributed by atoms with Crippen LogP contribution < -0.4 is 15.8 Å². The standard InChI is InChI=1S/C22H29ClN4O3/c1-21(2)10-18(28)27(20(24)26-21)11-12-7-15(12)19(29)25-16-9-22(3,4)30-17-8-13(23)5-6-14(16)17/h5-6,8,12,15-16H,7,9-11H2,1-4H3,(H2,24,26)(H,25,29)/t12-,15+,16+/m1/s1. The quantitative estimate of drug-likeness (QED) is 0.764. The molecule has 3 N–H and O–H groups in total. The lowest BCUT2D eigenvalue weighted by atomic mass is 9.89. The maximum absolute atomic E-state index is 12.9. The van der Waals surface area contributed by atoms with E-state index in [2.05, 4.69) is 10.3 Å². The first kappa shape index (κ1) is 21.0. The number of carbonyl (C=O) groups excluding carboxylic acids is 2. The third kappa shape index (κ3) is 4.26. The smallest absolute Gasteiger partial charge is 0.231 e. The lowest BCUT2D eigenvalue weighted by Crippen LogP contribution is -2.50. The average Bonchev–Trinajstić information content (AvgIpc) is 3.35. The lowest BCUT2D eigenvalue weighted by Gasteiger charge is -2.38. The van der Waals surface area contributed by atoms with Gasteiger partial charge >= 0.3 is 0 Å². The van der Waals surface area contributed by atoms with E-state index in [1.54, 1.807) is 6.07 Å². The number of carbonyl (C=O) groups is 2. The molecule has 2 amide bonds. The van der Waals surface area contributed by atoms with Crippen LogP contribution in [0.2, 0.25) is 5.02 Å². The maximum Gasteiger partial charge on any atom is 0.231 e. The molecule has 3 aliphatic rings. The number of ether oxygens (including phenoxy) is 1.